The lowest BCUT2D eigenvalue weighted by molar-refractivity contribution is 0.0946. The van der Waals surface area contributed by atoms with E-state index in [1.54, 1.807) is 19.9 Å². The van der Waals surface area contributed by atoms with Gasteiger partial charge in [0.15, 0.2) is 0 Å². The van der Waals surface area contributed by atoms with Crippen molar-refractivity contribution in [1.82, 2.24) is 9.62 Å². The topological polar surface area (TPSA) is 84.9 Å². The molecule has 0 spiro atoms. The van der Waals surface area contributed by atoms with Crippen LogP contribution in [0.5, 0.6) is 11.5 Å². The zero-order chi connectivity index (χ0) is 22.3. The number of rotatable bonds is 10. The largest absolute Gasteiger partial charge is 0.495 e. The van der Waals surface area contributed by atoms with Gasteiger partial charge in [0.05, 0.1) is 13.7 Å². The first-order valence-electron chi connectivity index (χ1n) is 9.91. The number of carbonyl (C=O) groups excluding carboxylic acids is 1. The molecule has 0 saturated carbocycles. The fraction of sp³-hybridized carbons (Fsp3) is 0.409. The Labute approximate surface area is 179 Å². The summed E-state index contributed by atoms with van der Waals surface area (Å²) >= 11 is 0. The Balaban J connectivity index is 2.11. The monoisotopic (exact) mass is 434 g/mol. The van der Waals surface area contributed by atoms with E-state index in [1.807, 2.05) is 32.0 Å². The maximum absolute atomic E-state index is 12.9. The van der Waals surface area contributed by atoms with Crippen molar-refractivity contribution in [3.05, 3.63) is 53.1 Å². The third-order valence-corrected chi connectivity index (χ3v) is 6.86. The van der Waals surface area contributed by atoms with Crippen LogP contribution in [0, 0.1) is 13.8 Å². The van der Waals surface area contributed by atoms with Gasteiger partial charge >= 0.3 is 0 Å². The number of nitrogens with one attached hydrogen (secondary N) is 1. The minimum Gasteiger partial charge on any atom is -0.495 e. The summed E-state index contributed by atoms with van der Waals surface area (Å²) in [5.74, 6) is 0.638. The Morgan fingerprint density at radius 3 is 2.27 bits per heavy atom. The van der Waals surface area contributed by atoms with Gasteiger partial charge < -0.3 is 14.8 Å². The molecule has 0 aromatic heterocycles. The van der Waals surface area contributed by atoms with Crippen LogP contribution in [-0.2, 0) is 10.0 Å². The van der Waals surface area contributed by atoms with Crippen LogP contribution in [0.1, 0.15) is 35.3 Å². The van der Waals surface area contributed by atoms with E-state index >= 15 is 0 Å². The number of sulfonamides is 1. The van der Waals surface area contributed by atoms with Crippen LogP contribution in [0.2, 0.25) is 0 Å². The third kappa shape index (κ3) is 5.31. The number of hydrogen-bond acceptors (Lipinski definition) is 5. The van der Waals surface area contributed by atoms with Gasteiger partial charge in [-0.15, -0.1) is 0 Å². The van der Waals surface area contributed by atoms with Crippen molar-refractivity contribution in [3.63, 3.8) is 0 Å². The molecule has 2 rings (SSSR count). The maximum atomic E-state index is 12.9. The summed E-state index contributed by atoms with van der Waals surface area (Å²) in [5.41, 5.74) is 2.30. The van der Waals surface area contributed by atoms with E-state index in [4.69, 9.17) is 9.47 Å². The van der Waals surface area contributed by atoms with Gasteiger partial charge in [0.25, 0.3) is 5.91 Å². The molecule has 2 aromatic carbocycles. The lowest BCUT2D eigenvalue weighted by Gasteiger charge is -2.20. The smallest absolute Gasteiger partial charge is 0.251 e. The van der Waals surface area contributed by atoms with Crippen molar-refractivity contribution in [2.75, 3.05) is 33.4 Å². The van der Waals surface area contributed by atoms with E-state index < -0.39 is 10.0 Å². The molecule has 0 atom stereocenters. The van der Waals surface area contributed by atoms with Gasteiger partial charge in [-0.1, -0.05) is 32.0 Å². The van der Waals surface area contributed by atoms with Crippen molar-refractivity contribution < 1.29 is 22.7 Å². The number of ether oxygens (including phenoxy) is 2. The second kappa shape index (κ2) is 10.4. The zero-order valence-electron chi connectivity index (χ0n) is 18.2. The van der Waals surface area contributed by atoms with Crippen LogP contribution in [-0.4, -0.2) is 52.0 Å². The van der Waals surface area contributed by atoms with Crippen LogP contribution in [0.3, 0.4) is 0 Å². The van der Waals surface area contributed by atoms with Gasteiger partial charge in [-0.25, -0.2) is 8.42 Å². The van der Waals surface area contributed by atoms with Crippen LogP contribution in [0.25, 0.3) is 0 Å². The van der Waals surface area contributed by atoms with Gasteiger partial charge in [-0.2, -0.15) is 4.31 Å². The first-order chi connectivity index (χ1) is 14.3. The number of aryl methyl sites for hydroxylation is 2. The van der Waals surface area contributed by atoms with Gasteiger partial charge in [0, 0.05) is 18.7 Å². The molecule has 0 heterocycles. The fourth-order valence-corrected chi connectivity index (χ4v) is 4.81. The highest BCUT2D eigenvalue weighted by Gasteiger charge is 2.26. The normalized spacial score (nSPS) is 11.4. The van der Waals surface area contributed by atoms with E-state index in [0.29, 0.717) is 19.7 Å². The van der Waals surface area contributed by atoms with E-state index in [9.17, 15) is 13.2 Å². The quantitative estimate of drug-likeness (QED) is 0.581. The molecule has 0 saturated heterocycles. The minimum absolute atomic E-state index is 0.0202. The number of hydrogen-bond donors (Lipinski definition) is 1. The maximum Gasteiger partial charge on any atom is 0.251 e. The molecule has 7 nitrogen and oxygen atoms in total. The Kier molecular flexibility index (Phi) is 8.25. The lowest BCUT2D eigenvalue weighted by Crippen LogP contribution is -2.32. The van der Waals surface area contributed by atoms with E-state index in [-0.39, 0.29) is 28.7 Å². The molecular formula is C22H30N2O5S. The summed E-state index contributed by atoms with van der Waals surface area (Å²) in [6, 6.07) is 10.3. The number of para-hydroxylation sites is 1. The van der Waals surface area contributed by atoms with E-state index in [1.165, 1.54) is 23.5 Å². The molecule has 164 valence electrons. The highest BCUT2D eigenvalue weighted by atomic mass is 32.2. The van der Waals surface area contributed by atoms with Crippen molar-refractivity contribution >= 4 is 15.9 Å². The minimum atomic E-state index is -3.77. The summed E-state index contributed by atoms with van der Waals surface area (Å²) in [5, 5.41) is 2.77. The van der Waals surface area contributed by atoms with Gasteiger partial charge in [-0.3, -0.25) is 4.79 Å². The second-order valence-corrected chi connectivity index (χ2v) is 8.69. The summed E-state index contributed by atoms with van der Waals surface area (Å²) in [4.78, 5) is 12.5. The van der Waals surface area contributed by atoms with Crippen molar-refractivity contribution in [3.8, 4) is 11.5 Å². The summed E-state index contributed by atoms with van der Waals surface area (Å²) < 4.78 is 38.2. The Morgan fingerprint density at radius 2 is 1.70 bits per heavy atom. The average Bonchev–Trinajstić information content (AvgIpc) is 2.72. The SMILES string of the molecule is CCN(CC)S(=O)(=O)c1cc(C(=O)NCCOc2c(C)cccc2C)ccc1OC. The van der Waals surface area contributed by atoms with Crippen molar-refractivity contribution in [2.45, 2.75) is 32.6 Å². The second-order valence-electron chi connectivity index (χ2n) is 6.78. The third-order valence-electron chi connectivity index (χ3n) is 4.79. The molecule has 0 radical (unpaired) electrons. The zero-order valence-corrected chi connectivity index (χ0v) is 19.0. The molecule has 0 bridgehead atoms. The molecule has 0 aliphatic rings. The molecule has 0 fully saturated rings. The molecule has 30 heavy (non-hydrogen) atoms. The molecule has 1 amide bonds. The van der Waals surface area contributed by atoms with Crippen LogP contribution < -0.4 is 14.8 Å². The molecule has 1 N–H and O–H groups in total. The first kappa shape index (κ1) is 23.7. The van der Waals surface area contributed by atoms with E-state index in [2.05, 4.69) is 5.32 Å². The molecule has 0 aliphatic heterocycles. The fourth-order valence-electron chi connectivity index (χ4n) is 3.17. The molecule has 0 unspecified atom stereocenters. The number of nitrogens with zero attached hydrogens (tertiary/aromatic N) is 1. The molecule has 8 heteroatoms. The highest BCUT2D eigenvalue weighted by molar-refractivity contribution is 7.89. The highest BCUT2D eigenvalue weighted by Crippen LogP contribution is 2.28. The van der Waals surface area contributed by atoms with Crippen molar-refractivity contribution in [2.24, 2.45) is 0 Å². The number of benzene rings is 2. The van der Waals surface area contributed by atoms with Crippen molar-refractivity contribution in [1.29, 1.82) is 0 Å². The van der Waals surface area contributed by atoms with E-state index in [0.717, 1.165) is 16.9 Å². The molecule has 0 aliphatic carbocycles. The summed E-state index contributed by atoms with van der Waals surface area (Å²) in [7, 11) is -2.36. The Hall–Kier alpha value is -2.58. The first-order valence-corrected chi connectivity index (χ1v) is 11.4. The van der Waals surface area contributed by atoms with Gasteiger partial charge in [0.1, 0.15) is 23.0 Å². The predicted octanol–water partition coefficient (Wildman–Crippen LogP) is 3.15. The predicted molar refractivity (Wildman–Crippen MR) is 117 cm³/mol. The summed E-state index contributed by atoms with van der Waals surface area (Å²) in [6.45, 7) is 8.71. The lowest BCUT2D eigenvalue weighted by atomic mass is 10.1. The van der Waals surface area contributed by atoms with Crippen LogP contribution >= 0.6 is 0 Å². The van der Waals surface area contributed by atoms with Crippen LogP contribution in [0.4, 0.5) is 0 Å². The Morgan fingerprint density at radius 1 is 1.07 bits per heavy atom. The van der Waals surface area contributed by atoms with Crippen LogP contribution in [0.15, 0.2) is 41.3 Å². The number of carbonyl (C=O) groups is 1. The number of methoxy groups -OCH3 is 1. The average molecular weight is 435 g/mol. The summed E-state index contributed by atoms with van der Waals surface area (Å²) in [6.07, 6.45) is 0. The number of amides is 1. The Bertz CT molecular complexity index is 965. The van der Waals surface area contributed by atoms with Gasteiger partial charge in [0.2, 0.25) is 10.0 Å². The molecule has 2 aromatic rings. The molecular weight excluding hydrogens is 404 g/mol. The standard InChI is InChI=1S/C22H30N2O5S/c1-6-24(7-2)30(26,27)20-15-18(11-12-19(20)28-5)22(25)23-13-14-29-21-16(3)9-8-10-17(21)4/h8-12,15H,6-7,13-14H2,1-5H3,(H,23,25). The van der Waals surface area contributed by atoms with Gasteiger partial charge in [-0.05, 0) is 43.2 Å².